The average molecular weight is 319 g/mol. The zero-order valence-corrected chi connectivity index (χ0v) is 14.1. The smallest absolute Gasteiger partial charge is 0.223 e. The van der Waals surface area contributed by atoms with Crippen LogP contribution in [0.3, 0.4) is 0 Å². The third-order valence-corrected chi connectivity index (χ3v) is 5.16. The minimum atomic E-state index is 0.383. The summed E-state index contributed by atoms with van der Waals surface area (Å²) in [6.45, 7) is 4.50. The van der Waals surface area contributed by atoms with Crippen molar-refractivity contribution in [1.29, 1.82) is 0 Å². The number of aromatic nitrogens is 1. The molecule has 3 aromatic rings. The highest BCUT2D eigenvalue weighted by Crippen LogP contribution is 2.47. The highest BCUT2D eigenvalue weighted by atomic mass is 32.2. The van der Waals surface area contributed by atoms with Gasteiger partial charge in [0.05, 0.1) is 17.1 Å². The fourth-order valence-corrected chi connectivity index (χ4v) is 4.18. The lowest BCUT2D eigenvalue weighted by atomic mass is 10.2. The van der Waals surface area contributed by atoms with Gasteiger partial charge in [0.2, 0.25) is 0 Å². The summed E-state index contributed by atoms with van der Waals surface area (Å²) in [4.78, 5) is 5.05. The van der Waals surface area contributed by atoms with E-state index in [1.54, 1.807) is 0 Å². The Hall–Kier alpha value is -2.26. The summed E-state index contributed by atoms with van der Waals surface area (Å²) in [7, 11) is 0. The summed E-state index contributed by atoms with van der Waals surface area (Å²) < 4.78 is 2.29. The number of rotatable bonds is 2. The molecule has 1 aliphatic rings. The minimum absolute atomic E-state index is 0.383. The monoisotopic (exact) mass is 319 g/mol. The Balaban J connectivity index is 1.97. The van der Waals surface area contributed by atoms with E-state index in [9.17, 15) is 0 Å². The van der Waals surface area contributed by atoms with Gasteiger partial charge in [-0.15, -0.1) is 0 Å². The molecule has 0 spiro atoms. The Morgan fingerprint density at radius 1 is 0.826 bits per heavy atom. The fourth-order valence-electron chi connectivity index (χ4n) is 3.09. The lowest BCUT2D eigenvalue weighted by molar-refractivity contribution is -0.584. The zero-order valence-electron chi connectivity index (χ0n) is 13.3. The molecule has 3 heteroatoms. The maximum Gasteiger partial charge on any atom is 0.301 e. The van der Waals surface area contributed by atoms with Crippen molar-refractivity contribution in [3.63, 3.8) is 0 Å². The summed E-state index contributed by atoms with van der Waals surface area (Å²) in [5, 5.41) is 0. The van der Waals surface area contributed by atoms with Crippen LogP contribution in [-0.4, -0.2) is 6.04 Å². The van der Waals surface area contributed by atoms with Gasteiger partial charge in [-0.05, 0) is 50.2 Å². The topological polar surface area (TPSA) is 7.12 Å². The highest BCUT2D eigenvalue weighted by Gasteiger charge is 2.35. The Morgan fingerprint density at radius 2 is 1.52 bits per heavy atom. The second kappa shape index (κ2) is 5.74. The lowest BCUT2D eigenvalue weighted by Crippen LogP contribution is -2.42. The Morgan fingerprint density at radius 3 is 2.30 bits per heavy atom. The number of nitrogens with zero attached hydrogens (tertiary/aromatic N) is 2. The number of hydrogen-bond acceptors (Lipinski definition) is 2. The van der Waals surface area contributed by atoms with Gasteiger partial charge in [0.25, 0.3) is 0 Å². The fraction of sp³-hybridized carbons (Fsp3) is 0.150. The number of fused-ring (bicyclic) bond motifs is 2. The molecule has 0 fully saturated rings. The number of para-hydroxylation sites is 2. The lowest BCUT2D eigenvalue weighted by Gasteiger charge is -2.29. The Kier molecular flexibility index (Phi) is 3.58. The standard InChI is InChI=1S/C20H19N2S/c1-15(2)22-17-11-6-7-12-18(17)23-19-13-8-14-21(20(19)22)16-9-4-3-5-10-16/h3-15H,1-2H3/q+1. The Labute approximate surface area is 141 Å². The third-order valence-electron chi connectivity index (χ3n) is 4.05. The van der Waals surface area contributed by atoms with Gasteiger partial charge in [0.15, 0.2) is 0 Å². The zero-order chi connectivity index (χ0) is 15.8. The van der Waals surface area contributed by atoms with Gasteiger partial charge in [0.1, 0.15) is 16.3 Å². The molecule has 0 atom stereocenters. The molecule has 2 heterocycles. The van der Waals surface area contributed by atoms with Gasteiger partial charge >= 0.3 is 5.82 Å². The molecule has 0 N–H and O–H groups in total. The molecule has 2 nitrogen and oxygen atoms in total. The highest BCUT2D eigenvalue weighted by molar-refractivity contribution is 7.99. The number of benzene rings is 2. The number of anilines is 2. The molecule has 1 aromatic heterocycles. The molecule has 0 bridgehead atoms. The van der Waals surface area contributed by atoms with Gasteiger partial charge < -0.3 is 0 Å². The van der Waals surface area contributed by atoms with Crippen LogP contribution in [0.2, 0.25) is 0 Å². The first-order valence-electron chi connectivity index (χ1n) is 7.92. The molecule has 0 unspecified atom stereocenters. The van der Waals surface area contributed by atoms with Gasteiger partial charge in [-0.2, -0.15) is 4.57 Å². The average Bonchev–Trinajstić information content (AvgIpc) is 2.59. The minimum Gasteiger partial charge on any atom is -0.223 e. The molecular weight excluding hydrogens is 300 g/mol. The van der Waals surface area contributed by atoms with Crippen molar-refractivity contribution in [2.24, 2.45) is 0 Å². The van der Waals surface area contributed by atoms with Crippen LogP contribution in [-0.2, 0) is 0 Å². The quantitative estimate of drug-likeness (QED) is 0.615. The molecule has 2 aromatic carbocycles. The largest absolute Gasteiger partial charge is 0.301 e. The molecule has 0 amide bonds. The van der Waals surface area contributed by atoms with E-state index in [0.717, 1.165) is 0 Å². The molecular formula is C20H19N2S+. The van der Waals surface area contributed by atoms with Crippen LogP contribution in [0.1, 0.15) is 13.8 Å². The summed E-state index contributed by atoms with van der Waals surface area (Å²) >= 11 is 1.85. The molecule has 0 radical (unpaired) electrons. The van der Waals surface area contributed by atoms with Crippen LogP contribution in [0.5, 0.6) is 0 Å². The van der Waals surface area contributed by atoms with E-state index < -0.39 is 0 Å². The molecule has 0 saturated heterocycles. The van der Waals surface area contributed by atoms with E-state index in [0.29, 0.717) is 6.04 Å². The summed E-state index contributed by atoms with van der Waals surface area (Å²) in [6, 6.07) is 23.9. The summed E-state index contributed by atoms with van der Waals surface area (Å²) in [5.74, 6) is 1.25. The molecule has 0 aliphatic carbocycles. The predicted octanol–water partition coefficient (Wildman–Crippen LogP) is 4.97. The Bertz CT molecular complexity index is 843. The summed E-state index contributed by atoms with van der Waals surface area (Å²) in [5.41, 5.74) is 2.48. The first kappa shape index (κ1) is 14.3. The van der Waals surface area contributed by atoms with E-state index in [1.807, 2.05) is 11.8 Å². The van der Waals surface area contributed by atoms with Crippen LogP contribution in [0.25, 0.3) is 5.69 Å². The third kappa shape index (κ3) is 2.41. The van der Waals surface area contributed by atoms with Crippen molar-refractivity contribution in [3.8, 4) is 5.69 Å². The van der Waals surface area contributed by atoms with Crippen molar-refractivity contribution < 1.29 is 4.57 Å². The van der Waals surface area contributed by atoms with Crippen LogP contribution in [0.15, 0.2) is 82.7 Å². The van der Waals surface area contributed by atoms with Gasteiger partial charge in [0, 0.05) is 0 Å². The summed E-state index contributed by atoms with van der Waals surface area (Å²) in [6.07, 6.45) is 2.15. The van der Waals surface area contributed by atoms with E-state index in [1.165, 1.54) is 27.0 Å². The van der Waals surface area contributed by atoms with Crippen molar-refractivity contribution >= 4 is 23.3 Å². The van der Waals surface area contributed by atoms with Crippen molar-refractivity contribution in [2.45, 2.75) is 29.7 Å². The first-order valence-corrected chi connectivity index (χ1v) is 8.73. The van der Waals surface area contributed by atoms with Gasteiger partial charge in [-0.1, -0.05) is 42.1 Å². The van der Waals surface area contributed by atoms with Crippen molar-refractivity contribution in [1.82, 2.24) is 0 Å². The van der Waals surface area contributed by atoms with Crippen LogP contribution in [0, 0.1) is 0 Å². The van der Waals surface area contributed by atoms with Crippen LogP contribution >= 0.6 is 11.8 Å². The second-order valence-corrected chi connectivity index (χ2v) is 7.02. The van der Waals surface area contributed by atoms with Crippen LogP contribution < -0.4 is 9.47 Å². The van der Waals surface area contributed by atoms with E-state index in [2.05, 4.69) is 96.2 Å². The molecule has 1 aliphatic heterocycles. The van der Waals surface area contributed by atoms with Crippen LogP contribution in [0.4, 0.5) is 11.5 Å². The predicted molar refractivity (Wildman–Crippen MR) is 95.8 cm³/mol. The first-order chi connectivity index (χ1) is 11.3. The molecule has 4 rings (SSSR count). The van der Waals surface area contributed by atoms with Crippen molar-refractivity contribution in [3.05, 3.63) is 72.9 Å². The van der Waals surface area contributed by atoms with E-state index in [4.69, 9.17) is 0 Å². The maximum absolute atomic E-state index is 2.44. The van der Waals surface area contributed by atoms with Gasteiger partial charge in [-0.3, -0.25) is 0 Å². The maximum atomic E-state index is 2.44. The second-order valence-electron chi connectivity index (χ2n) is 5.94. The van der Waals surface area contributed by atoms with Crippen molar-refractivity contribution in [2.75, 3.05) is 4.90 Å². The van der Waals surface area contributed by atoms with E-state index in [-0.39, 0.29) is 0 Å². The number of hydrogen-bond donors (Lipinski definition) is 0. The van der Waals surface area contributed by atoms with Gasteiger partial charge in [-0.25, -0.2) is 4.90 Å². The van der Waals surface area contributed by atoms with E-state index >= 15 is 0 Å². The normalized spacial score (nSPS) is 12.9. The molecule has 23 heavy (non-hydrogen) atoms. The SMILES string of the molecule is CC(C)N1c2ccccc2Sc2ccc[n+](-c3ccccc3)c21. The molecule has 0 saturated carbocycles. The molecule has 114 valence electrons. The number of pyridine rings is 1.